The molecule has 6 nitrogen and oxygen atoms in total. The molecule has 0 bridgehead atoms. The van der Waals surface area contributed by atoms with Crippen molar-refractivity contribution in [1.29, 1.82) is 0 Å². The Morgan fingerprint density at radius 1 is 0.971 bits per heavy atom. The Kier molecular flexibility index (Phi) is 8.17. The van der Waals surface area contributed by atoms with Crippen LogP contribution in [0.5, 0.6) is 0 Å². The number of carbonyl (C=O) groups excluding carboxylic acids is 1. The maximum atomic E-state index is 14.9. The maximum Gasteiger partial charge on any atom is 0.227 e. The number of anilines is 1. The third-order valence-corrected chi connectivity index (χ3v) is 8.92. The minimum absolute atomic E-state index is 0.0204. The van der Waals surface area contributed by atoms with Gasteiger partial charge < -0.3 is 14.5 Å². The first-order valence-corrected chi connectivity index (χ1v) is 13.3. The number of carbonyl (C=O) groups is 1. The fraction of sp³-hybridized carbons (Fsp3) is 0.696. The number of benzene rings is 1. The number of sulfone groups is 1. The Labute approximate surface area is 198 Å². The van der Waals surface area contributed by atoms with Crippen LogP contribution in [-0.2, 0) is 25.8 Å². The van der Waals surface area contributed by atoms with Gasteiger partial charge in [0, 0.05) is 31.7 Å². The van der Waals surface area contributed by atoms with Crippen molar-refractivity contribution >= 4 is 21.4 Å². The molecule has 0 saturated carbocycles. The lowest BCUT2D eigenvalue weighted by Gasteiger charge is -2.37. The molecule has 3 rings (SSSR count). The highest BCUT2D eigenvalue weighted by molar-refractivity contribution is 7.91. The summed E-state index contributed by atoms with van der Waals surface area (Å²) in [5.41, 5.74) is -1.73. The van der Waals surface area contributed by atoms with Crippen molar-refractivity contribution in [3.63, 3.8) is 0 Å². The first-order valence-electron chi connectivity index (χ1n) is 11.6. The summed E-state index contributed by atoms with van der Waals surface area (Å²) in [5.74, 6) is -6.97. The number of likely N-dealkylation sites (tertiary alicyclic amines) is 1. The largest absolute Gasteiger partial charge is 0.372 e. The van der Waals surface area contributed by atoms with E-state index >= 15 is 0 Å². The standard InChI is InChI=1S/C23H32F4N2O4S/c1-13(2)34(31,32)12-16-5-7-28(8-6-16)18(30)9-17-19(24)21(26)23(22(27)20(17)25)29-10-14(3)33-15(4)11-29/h13-16H,5-12H2,1-4H3/t14-,15+. The van der Waals surface area contributed by atoms with Gasteiger partial charge in [0.2, 0.25) is 5.91 Å². The van der Waals surface area contributed by atoms with Gasteiger partial charge in [-0.05, 0) is 46.5 Å². The molecule has 2 fully saturated rings. The zero-order chi connectivity index (χ0) is 25.4. The minimum atomic E-state index is -3.22. The van der Waals surface area contributed by atoms with Gasteiger partial charge in [0.15, 0.2) is 33.1 Å². The molecule has 0 radical (unpaired) electrons. The zero-order valence-corrected chi connectivity index (χ0v) is 20.7. The first-order chi connectivity index (χ1) is 15.8. The first kappa shape index (κ1) is 26.7. The third kappa shape index (κ3) is 5.67. The lowest BCUT2D eigenvalue weighted by molar-refractivity contribution is -0.131. The lowest BCUT2D eigenvalue weighted by Crippen LogP contribution is -2.46. The van der Waals surface area contributed by atoms with Crippen LogP contribution >= 0.6 is 0 Å². The van der Waals surface area contributed by atoms with Crippen LogP contribution in [0.2, 0.25) is 0 Å². The maximum absolute atomic E-state index is 14.9. The second-order valence-corrected chi connectivity index (χ2v) is 12.2. The van der Waals surface area contributed by atoms with E-state index in [9.17, 15) is 30.8 Å². The smallest absolute Gasteiger partial charge is 0.227 e. The van der Waals surface area contributed by atoms with E-state index in [-0.39, 0.29) is 50.1 Å². The molecule has 11 heteroatoms. The molecule has 2 atom stereocenters. The van der Waals surface area contributed by atoms with E-state index in [1.807, 2.05) is 0 Å². The van der Waals surface area contributed by atoms with Crippen LogP contribution in [0, 0.1) is 29.2 Å². The highest BCUT2D eigenvalue weighted by atomic mass is 32.2. The van der Waals surface area contributed by atoms with E-state index in [0.29, 0.717) is 12.8 Å². The molecule has 2 aliphatic heterocycles. The number of hydrogen-bond acceptors (Lipinski definition) is 5. The molecule has 192 valence electrons. The summed E-state index contributed by atoms with van der Waals surface area (Å²) in [6, 6.07) is 0. The number of ether oxygens (including phenoxy) is 1. The number of amides is 1. The highest BCUT2D eigenvalue weighted by Crippen LogP contribution is 2.33. The minimum Gasteiger partial charge on any atom is -0.372 e. The monoisotopic (exact) mass is 508 g/mol. The molecule has 1 aromatic rings. The Morgan fingerprint density at radius 3 is 1.94 bits per heavy atom. The predicted octanol–water partition coefficient (Wildman–Crippen LogP) is 3.46. The number of hydrogen-bond donors (Lipinski definition) is 0. The van der Waals surface area contributed by atoms with E-state index in [4.69, 9.17) is 4.74 Å². The number of piperidine rings is 1. The van der Waals surface area contributed by atoms with Crippen LogP contribution < -0.4 is 4.90 Å². The molecule has 1 amide bonds. The van der Waals surface area contributed by atoms with Crippen LogP contribution in [0.3, 0.4) is 0 Å². The quantitative estimate of drug-likeness (QED) is 0.435. The van der Waals surface area contributed by atoms with Gasteiger partial charge >= 0.3 is 0 Å². The van der Waals surface area contributed by atoms with E-state index in [1.165, 1.54) is 9.80 Å². The van der Waals surface area contributed by atoms with Gasteiger partial charge in [-0.2, -0.15) is 0 Å². The summed E-state index contributed by atoms with van der Waals surface area (Å²) in [6.45, 7) is 7.18. The van der Waals surface area contributed by atoms with Gasteiger partial charge in [-0.15, -0.1) is 0 Å². The molecule has 0 unspecified atom stereocenters. The van der Waals surface area contributed by atoms with E-state index in [1.54, 1.807) is 27.7 Å². The fourth-order valence-electron chi connectivity index (χ4n) is 4.59. The predicted molar refractivity (Wildman–Crippen MR) is 120 cm³/mol. The average Bonchev–Trinajstić information content (AvgIpc) is 2.75. The molecule has 2 saturated heterocycles. The summed E-state index contributed by atoms with van der Waals surface area (Å²) >= 11 is 0. The van der Waals surface area contributed by atoms with Crippen molar-refractivity contribution in [3.8, 4) is 0 Å². The Hall–Kier alpha value is -1.88. The zero-order valence-electron chi connectivity index (χ0n) is 19.9. The number of rotatable bonds is 6. The summed E-state index contributed by atoms with van der Waals surface area (Å²) in [7, 11) is -3.22. The normalized spacial score (nSPS) is 22.5. The molecule has 2 heterocycles. The molecule has 0 spiro atoms. The molecule has 2 aliphatic rings. The second-order valence-electron chi connectivity index (χ2n) is 9.62. The summed E-state index contributed by atoms with van der Waals surface area (Å²) in [5, 5.41) is -0.491. The van der Waals surface area contributed by atoms with Crippen LogP contribution in [0.15, 0.2) is 0 Å². The van der Waals surface area contributed by atoms with Crippen LogP contribution in [0.25, 0.3) is 0 Å². The number of halogens is 4. The molecule has 0 aromatic heterocycles. The van der Waals surface area contributed by atoms with E-state index < -0.39 is 61.9 Å². The van der Waals surface area contributed by atoms with Gasteiger partial charge in [-0.25, -0.2) is 26.0 Å². The molecule has 34 heavy (non-hydrogen) atoms. The number of nitrogens with zero attached hydrogens (tertiary/aromatic N) is 2. The van der Waals surface area contributed by atoms with Gasteiger partial charge in [0.1, 0.15) is 5.69 Å². The summed E-state index contributed by atoms with van der Waals surface area (Å²) in [4.78, 5) is 15.2. The average molecular weight is 509 g/mol. The summed E-state index contributed by atoms with van der Waals surface area (Å²) < 4.78 is 89.1. The van der Waals surface area contributed by atoms with Crippen molar-refractivity contribution < 1.29 is 35.5 Å². The van der Waals surface area contributed by atoms with Crippen molar-refractivity contribution in [2.45, 2.75) is 64.4 Å². The van der Waals surface area contributed by atoms with Crippen molar-refractivity contribution in [3.05, 3.63) is 28.8 Å². The van der Waals surface area contributed by atoms with Crippen molar-refractivity contribution in [1.82, 2.24) is 4.90 Å². The Bertz CT molecular complexity index is 987. The highest BCUT2D eigenvalue weighted by Gasteiger charge is 2.34. The Morgan fingerprint density at radius 2 is 1.47 bits per heavy atom. The van der Waals surface area contributed by atoms with Crippen LogP contribution in [0.1, 0.15) is 46.1 Å². The second kappa shape index (κ2) is 10.4. The SMILES string of the molecule is CC(C)S(=O)(=O)CC1CCN(C(=O)Cc2c(F)c(F)c(N3C[C@@H](C)O[C@@H](C)C3)c(F)c2F)CC1. The van der Waals surface area contributed by atoms with E-state index in [2.05, 4.69) is 0 Å². The summed E-state index contributed by atoms with van der Waals surface area (Å²) in [6.07, 6.45) is -0.728. The number of morpholine rings is 1. The van der Waals surface area contributed by atoms with Gasteiger partial charge in [0.05, 0.1) is 29.6 Å². The molecular formula is C23H32F4N2O4S. The van der Waals surface area contributed by atoms with Crippen LogP contribution in [-0.4, -0.2) is 68.6 Å². The third-order valence-electron chi connectivity index (χ3n) is 6.55. The van der Waals surface area contributed by atoms with Crippen molar-refractivity contribution in [2.75, 3.05) is 36.8 Å². The van der Waals surface area contributed by atoms with Gasteiger partial charge in [-0.1, -0.05) is 0 Å². The van der Waals surface area contributed by atoms with Gasteiger partial charge in [0.25, 0.3) is 0 Å². The molecule has 0 aliphatic carbocycles. The fourth-order valence-corrected chi connectivity index (χ4v) is 5.97. The molecule has 0 N–H and O–H groups in total. The molecular weight excluding hydrogens is 476 g/mol. The topological polar surface area (TPSA) is 66.9 Å². The Balaban J connectivity index is 1.72. The van der Waals surface area contributed by atoms with Crippen LogP contribution in [0.4, 0.5) is 23.2 Å². The van der Waals surface area contributed by atoms with Crippen molar-refractivity contribution in [2.24, 2.45) is 5.92 Å². The molecule has 1 aromatic carbocycles. The van der Waals surface area contributed by atoms with E-state index in [0.717, 1.165) is 0 Å². The van der Waals surface area contributed by atoms with Gasteiger partial charge in [-0.3, -0.25) is 4.79 Å². The lowest BCUT2D eigenvalue weighted by atomic mass is 9.98.